The van der Waals surface area contributed by atoms with Crippen molar-refractivity contribution in [3.8, 4) is 0 Å². The first-order valence-electron chi connectivity index (χ1n) is 2.72. The fourth-order valence-corrected chi connectivity index (χ4v) is 0.910. The molecule has 1 nitrogen and oxygen atoms in total. The fraction of sp³-hybridized carbons (Fsp3) is 0.143. The van der Waals surface area contributed by atoms with Crippen molar-refractivity contribution in [1.82, 2.24) is 0 Å². The van der Waals surface area contributed by atoms with Crippen LogP contribution in [0.25, 0.3) is 0 Å². The summed E-state index contributed by atoms with van der Waals surface area (Å²) >= 11 is 3.30. The van der Waals surface area contributed by atoms with Gasteiger partial charge in [0.15, 0.2) is 0 Å². The zero-order chi connectivity index (χ0) is 6.85. The summed E-state index contributed by atoms with van der Waals surface area (Å²) < 4.78 is 0.966. The van der Waals surface area contributed by atoms with Crippen molar-refractivity contribution < 1.29 is 0 Å². The Balaban J connectivity index is 3.17. The van der Waals surface area contributed by atoms with Crippen LogP contribution in [-0.2, 0) is 0 Å². The third-order valence-electron chi connectivity index (χ3n) is 1.15. The highest BCUT2D eigenvalue weighted by Gasteiger charge is 1.91. The van der Waals surface area contributed by atoms with Crippen LogP contribution in [0.2, 0.25) is 0 Å². The first-order chi connectivity index (χ1) is 4.20. The molecule has 9 heavy (non-hydrogen) atoms. The predicted molar refractivity (Wildman–Crippen MR) is 43.3 cm³/mol. The fourth-order valence-electron chi connectivity index (χ4n) is 0.663. The van der Waals surface area contributed by atoms with E-state index in [4.69, 9.17) is 5.73 Å². The molecule has 0 radical (unpaired) electrons. The minimum absolute atomic E-state index is 0.801. The van der Waals surface area contributed by atoms with Gasteiger partial charge in [-0.25, -0.2) is 0 Å². The van der Waals surface area contributed by atoms with Gasteiger partial charge in [0, 0.05) is 10.2 Å². The number of halogens is 1. The molecule has 0 atom stereocenters. The third-order valence-corrected chi connectivity index (χ3v) is 1.87. The van der Waals surface area contributed by atoms with Gasteiger partial charge in [-0.3, -0.25) is 0 Å². The van der Waals surface area contributed by atoms with E-state index < -0.39 is 0 Å². The molecule has 0 saturated carbocycles. The Morgan fingerprint density at radius 1 is 1.44 bits per heavy atom. The van der Waals surface area contributed by atoms with Gasteiger partial charge in [0.1, 0.15) is 0 Å². The standard InChI is InChI=1S/C7H8BrN/c1-5-2-3-6(8)7(9)4-5/h2-4H,9H2,1H3. The quantitative estimate of drug-likeness (QED) is 0.618. The second-order valence-corrected chi connectivity index (χ2v) is 2.88. The SMILES string of the molecule is Cc1ccc(Br)c(N)c1. The largest absolute Gasteiger partial charge is 0.398 e. The van der Waals surface area contributed by atoms with Gasteiger partial charge in [0.05, 0.1) is 0 Å². The maximum absolute atomic E-state index is 5.57. The van der Waals surface area contributed by atoms with Crippen molar-refractivity contribution in [1.29, 1.82) is 0 Å². The van der Waals surface area contributed by atoms with Crippen molar-refractivity contribution in [2.75, 3.05) is 5.73 Å². The van der Waals surface area contributed by atoms with Crippen molar-refractivity contribution in [3.63, 3.8) is 0 Å². The van der Waals surface area contributed by atoms with Gasteiger partial charge in [0.25, 0.3) is 0 Å². The third kappa shape index (κ3) is 1.45. The lowest BCUT2D eigenvalue weighted by Gasteiger charge is -1.96. The van der Waals surface area contributed by atoms with E-state index in [-0.39, 0.29) is 0 Å². The van der Waals surface area contributed by atoms with Gasteiger partial charge in [-0.2, -0.15) is 0 Å². The molecule has 0 unspecified atom stereocenters. The molecule has 1 aromatic rings. The molecule has 0 spiro atoms. The molecule has 0 saturated heterocycles. The van der Waals surface area contributed by atoms with Gasteiger partial charge in [-0.15, -0.1) is 0 Å². The Morgan fingerprint density at radius 3 is 2.56 bits per heavy atom. The van der Waals surface area contributed by atoms with E-state index in [9.17, 15) is 0 Å². The second-order valence-electron chi connectivity index (χ2n) is 2.02. The highest BCUT2D eigenvalue weighted by atomic mass is 79.9. The van der Waals surface area contributed by atoms with E-state index in [2.05, 4.69) is 15.9 Å². The van der Waals surface area contributed by atoms with Crippen LogP contribution >= 0.6 is 15.9 Å². The average Bonchev–Trinajstić information content (AvgIpc) is 1.80. The number of hydrogen-bond acceptors (Lipinski definition) is 1. The molecule has 0 aromatic heterocycles. The highest BCUT2D eigenvalue weighted by Crippen LogP contribution is 2.19. The van der Waals surface area contributed by atoms with Gasteiger partial charge >= 0.3 is 0 Å². The maximum atomic E-state index is 5.57. The number of aryl methyl sites for hydroxylation is 1. The maximum Gasteiger partial charge on any atom is 0.0461 e. The molecule has 0 aliphatic heterocycles. The molecule has 1 aromatic carbocycles. The highest BCUT2D eigenvalue weighted by molar-refractivity contribution is 9.10. The molecule has 0 aliphatic carbocycles. The molecular weight excluding hydrogens is 178 g/mol. The van der Waals surface area contributed by atoms with Crippen LogP contribution in [0.3, 0.4) is 0 Å². The Kier molecular flexibility index (Phi) is 1.76. The van der Waals surface area contributed by atoms with E-state index in [0.29, 0.717) is 0 Å². The van der Waals surface area contributed by atoms with Crippen LogP contribution in [0.1, 0.15) is 5.56 Å². The number of hydrogen-bond donors (Lipinski definition) is 1. The first-order valence-corrected chi connectivity index (χ1v) is 3.51. The molecule has 1 rings (SSSR count). The van der Waals surface area contributed by atoms with Gasteiger partial charge in [-0.1, -0.05) is 6.07 Å². The van der Waals surface area contributed by atoms with Gasteiger partial charge in [0.2, 0.25) is 0 Å². The monoisotopic (exact) mass is 185 g/mol. The van der Waals surface area contributed by atoms with E-state index >= 15 is 0 Å². The summed E-state index contributed by atoms with van der Waals surface area (Å²) in [7, 11) is 0. The van der Waals surface area contributed by atoms with Gasteiger partial charge in [-0.05, 0) is 40.5 Å². The van der Waals surface area contributed by atoms with Crippen LogP contribution in [0.15, 0.2) is 22.7 Å². The van der Waals surface area contributed by atoms with Crippen molar-refractivity contribution >= 4 is 21.6 Å². The predicted octanol–water partition coefficient (Wildman–Crippen LogP) is 2.34. The summed E-state index contributed by atoms with van der Waals surface area (Å²) in [6, 6.07) is 5.90. The van der Waals surface area contributed by atoms with Crippen molar-refractivity contribution in [2.45, 2.75) is 6.92 Å². The molecule has 2 heteroatoms. The lowest BCUT2D eigenvalue weighted by molar-refractivity contribution is 1.46. The van der Waals surface area contributed by atoms with E-state index in [1.165, 1.54) is 5.56 Å². The average molecular weight is 186 g/mol. The van der Waals surface area contributed by atoms with E-state index in [1.54, 1.807) is 0 Å². The minimum atomic E-state index is 0.801. The van der Waals surface area contributed by atoms with Crippen molar-refractivity contribution in [2.24, 2.45) is 0 Å². The topological polar surface area (TPSA) is 26.0 Å². The summed E-state index contributed by atoms with van der Waals surface area (Å²) in [5.74, 6) is 0. The van der Waals surface area contributed by atoms with Crippen LogP contribution in [0.4, 0.5) is 5.69 Å². The number of rotatable bonds is 0. The molecule has 0 aliphatic rings. The summed E-state index contributed by atoms with van der Waals surface area (Å²) in [4.78, 5) is 0. The number of benzene rings is 1. The van der Waals surface area contributed by atoms with Gasteiger partial charge < -0.3 is 5.73 Å². The normalized spacial score (nSPS) is 9.56. The second kappa shape index (κ2) is 2.40. The van der Waals surface area contributed by atoms with Crippen LogP contribution < -0.4 is 5.73 Å². The summed E-state index contributed by atoms with van der Waals surface area (Å²) in [6.45, 7) is 2.02. The number of nitrogen functional groups attached to an aromatic ring is 1. The van der Waals surface area contributed by atoms with E-state index in [1.807, 2.05) is 25.1 Å². The van der Waals surface area contributed by atoms with Crippen LogP contribution in [0, 0.1) is 6.92 Å². The minimum Gasteiger partial charge on any atom is -0.398 e. The van der Waals surface area contributed by atoms with Crippen LogP contribution in [0.5, 0.6) is 0 Å². The Hall–Kier alpha value is -0.500. The molecule has 48 valence electrons. The summed E-state index contributed by atoms with van der Waals surface area (Å²) in [5, 5.41) is 0. The zero-order valence-electron chi connectivity index (χ0n) is 5.19. The van der Waals surface area contributed by atoms with Crippen LogP contribution in [-0.4, -0.2) is 0 Å². The lowest BCUT2D eigenvalue weighted by Crippen LogP contribution is -1.85. The Labute approximate surface area is 63.0 Å². The first kappa shape index (κ1) is 6.62. The van der Waals surface area contributed by atoms with Crippen molar-refractivity contribution in [3.05, 3.63) is 28.2 Å². The smallest absolute Gasteiger partial charge is 0.0461 e. The zero-order valence-corrected chi connectivity index (χ0v) is 6.77. The lowest BCUT2D eigenvalue weighted by atomic mass is 10.2. The Morgan fingerprint density at radius 2 is 2.11 bits per heavy atom. The summed E-state index contributed by atoms with van der Waals surface area (Å²) in [5.41, 5.74) is 7.57. The molecule has 0 bridgehead atoms. The molecule has 0 heterocycles. The Bertz CT molecular complexity index is 220. The number of nitrogens with two attached hydrogens (primary N) is 1. The molecule has 0 amide bonds. The molecule has 2 N–H and O–H groups in total. The summed E-state index contributed by atoms with van der Waals surface area (Å²) in [6.07, 6.45) is 0. The molecular formula is C7H8BrN. The number of anilines is 1. The van der Waals surface area contributed by atoms with E-state index in [0.717, 1.165) is 10.2 Å². The molecule has 0 fully saturated rings.